The van der Waals surface area contributed by atoms with E-state index >= 15 is 0 Å². The Morgan fingerprint density at radius 1 is 1.24 bits per heavy atom. The fourth-order valence-corrected chi connectivity index (χ4v) is 3.45. The average molecular weight is 358 g/mol. The highest BCUT2D eigenvalue weighted by atomic mass is 79.9. The van der Waals surface area contributed by atoms with E-state index in [4.69, 9.17) is 9.15 Å². The third kappa shape index (κ3) is 2.04. The third-order valence-electron chi connectivity index (χ3n) is 2.93. The fourth-order valence-electron chi connectivity index (χ4n) is 2.03. The molecule has 0 aliphatic carbocycles. The van der Waals surface area contributed by atoms with Crippen LogP contribution in [0, 0.1) is 0 Å². The van der Waals surface area contributed by atoms with Gasteiger partial charge >= 0.3 is 0 Å². The largest absolute Gasteiger partial charge is 0.493 e. The van der Waals surface area contributed by atoms with E-state index in [1.165, 1.54) is 11.1 Å². The SMILES string of the molecule is Brc1occc1C(Br)c1ccc2c(c1)CCO2. The molecule has 1 unspecified atom stereocenters. The number of benzene rings is 1. The number of hydrogen-bond acceptors (Lipinski definition) is 2. The summed E-state index contributed by atoms with van der Waals surface area (Å²) in [5, 5.41) is 0. The van der Waals surface area contributed by atoms with Crippen LogP contribution in [-0.2, 0) is 6.42 Å². The molecule has 1 aliphatic rings. The van der Waals surface area contributed by atoms with E-state index in [1.807, 2.05) is 12.1 Å². The molecule has 0 bridgehead atoms. The van der Waals surface area contributed by atoms with E-state index in [0.717, 1.165) is 29.0 Å². The van der Waals surface area contributed by atoms with Gasteiger partial charge in [0.15, 0.2) is 4.67 Å². The van der Waals surface area contributed by atoms with Crippen LogP contribution in [0.25, 0.3) is 0 Å². The molecule has 0 spiro atoms. The van der Waals surface area contributed by atoms with Crippen LogP contribution in [0.1, 0.15) is 21.5 Å². The Morgan fingerprint density at radius 2 is 2.12 bits per heavy atom. The van der Waals surface area contributed by atoms with Crippen molar-refractivity contribution in [2.45, 2.75) is 11.2 Å². The van der Waals surface area contributed by atoms with Crippen molar-refractivity contribution in [3.63, 3.8) is 0 Å². The van der Waals surface area contributed by atoms with Crippen LogP contribution >= 0.6 is 31.9 Å². The number of alkyl halides is 1. The molecule has 2 nitrogen and oxygen atoms in total. The number of fused-ring (bicyclic) bond motifs is 1. The smallest absolute Gasteiger partial charge is 0.173 e. The van der Waals surface area contributed by atoms with Crippen molar-refractivity contribution in [3.8, 4) is 5.75 Å². The summed E-state index contributed by atoms with van der Waals surface area (Å²) in [5.41, 5.74) is 3.60. The second-order valence-corrected chi connectivity index (χ2v) is 5.61. The number of hydrogen-bond donors (Lipinski definition) is 0. The molecule has 0 fully saturated rings. The lowest BCUT2D eigenvalue weighted by molar-refractivity contribution is 0.357. The van der Waals surface area contributed by atoms with E-state index < -0.39 is 0 Å². The van der Waals surface area contributed by atoms with Gasteiger partial charge in [0, 0.05) is 12.0 Å². The molecule has 17 heavy (non-hydrogen) atoms. The summed E-state index contributed by atoms with van der Waals surface area (Å²) in [5.74, 6) is 1.01. The van der Waals surface area contributed by atoms with Gasteiger partial charge in [-0.05, 0) is 39.2 Å². The van der Waals surface area contributed by atoms with Crippen LogP contribution in [0.3, 0.4) is 0 Å². The molecule has 1 aliphatic heterocycles. The Kier molecular flexibility index (Phi) is 3.01. The van der Waals surface area contributed by atoms with Gasteiger partial charge in [-0.15, -0.1) is 0 Å². The predicted octanol–water partition coefficient (Wildman–Crippen LogP) is 4.46. The minimum atomic E-state index is 0.140. The summed E-state index contributed by atoms with van der Waals surface area (Å²) >= 11 is 7.11. The van der Waals surface area contributed by atoms with Gasteiger partial charge in [0.1, 0.15) is 5.75 Å². The number of furan rings is 1. The first kappa shape index (κ1) is 11.4. The zero-order chi connectivity index (χ0) is 11.8. The molecule has 88 valence electrons. The minimum Gasteiger partial charge on any atom is -0.493 e. The van der Waals surface area contributed by atoms with Crippen molar-refractivity contribution in [1.29, 1.82) is 0 Å². The van der Waals surface area contributed by atoms with E-state index in [9.17, 15) is 0 Å². The molecule has 2 aromatic rings. The molecule has 2 heterocycles. The Balaban J connectivity index is 1.97. The van der Waals surface area contributed by atoms with Gasteiger partial charge in [-0.3, -0.25) is 0 Å². The normalized spacial score (nSPS) is 15.4. The van der Waals surface area contributed by atoms with Crippen molar-refractivity contribution in [3.05, 3.63) is 51.9 Å². The van der Waals surface area contributed by atoms with E-state index in [2.05, 4.69) is 44.0 Å². The van der Waals surface area contributed by atoms with Crippen molar-refractivity contribution in [2.24, 2.45) is 0 Å². The lowest BCUT2D eigenvalue weighted by Gasteiger charge is -2.10. The maximum atomic E-state index is 5.50. The predicted molar refractivity (Wildman–Crippen MR) is 72.8 cm³/mol. The monoisotopic (exact) mass is 356 g/mol. The van der Waals surface area contributed by atoms with E-state index in [-0.39, 0.29) is 4.83 Å². The zero-order valence-electron chi connectivity index (χ0n) is 8.95. The van der Waals surface area contributed by atoms with Crippen LogP contribution in [0.2, 0.25) is 0 Å². The fraction of sp³-hybridized carbons (Fsp3) is 0.231. The summed E-state index contributed by atoms with van der Waals surface area (Å²) in [7, 11) is 0. The molecule has 1 aromatic carbocycles. The number of halogens is 2. The molecular formula is C13H10Br2O2. The second-order valence-electron chi connectivity index (χ2n) is 3.98. The van der Waals surface area contributed by atoms with Crippen LogP contribution in [0.15, 0.2) is 39.6 Å². The number of rotatable bonds is 2. The first-order chi connectivity index (χ1) is 8.25. The third-order valence-corrected chi connectivity index (χ3v) is 4.59. The molecule has 1 aromatic heterocycles. The van der Waals surface area contributed by atoms with Crippen molar-refractivity contribution in [1.82, 2.24) is 0 Å². The van der Waals surface area contributed by atoms with Crippen molar-refractivity contribution < 1.29 is 9.15 Å². The lowest BCUT2D eigenvalue weighted by atomic mass is 10.0. The molecule has 1 atom stereocenters. The molecule has 0 radical (unpaired) electrons. The maximum absolute atomic E-state index is 5.50. The van der Waals surface area contributed by atoms with Crippen LogP contribution in [0.5, 0.6) is 5.75 Å². The summed E-state index contributed by atoms with van der Waals surface area (Å²) in [4.78, 5) is 0.140. The molecule has 4 heteroatoms. The Bertz CT molecular complexity index is 548. The van der Waals surface area contributed by atoms with Gasteiger partial charge < -0.3 is 9.15 Å². The highest BCUT2D eigenvalue weighted by Gasteiger charge is 2.19. The van der Waals surface area contributed by atoms with E-state index in [0.29, 0.717) is 0 Å². The molecule has 0 N–H and O–H groups in total. The molecule has 3 rings (SSSR count). The van der Waals surface area contributed by atoms with Crippen LogP contribution in [0.4, 0.5) is 0 Å². The lowest BCUT2D eigenvalue weighted by Crippen LogP contribution is -1.92. The van der Waals surface area contributed by atoms with Crippen LogP contribution in [-0.4, -0.2) is 6.61 Å². The first-order valence-electron chi connectivity index (χ1n) is 5.38. The molecule has 0 amide bonds. The summed E-state index contributed by atoms with van der Waals surface area (Å²) < 4.78 is 11.5. The maximum Gasteiger partial charge on any atom is 0.173 e. The second kappa shape index (κ2) is 4.50. The standard InChI is InChI=1S/C13H10Br2O2/c14-12(10-4-6-17-13(10)15)9-1-2-11-8(7-9)3-5-16-11/h1-2,4,6-7,12H,3,5H2. The summed E-state index contributed by atoms with van der Waals surface area (Å²) in [6, 6.07) is 8.29. The van der Waals surface area contributed by atoms with Gasteiger partial charge in [-0.1, -0.05) is 28.1 Å². The highest BCUT2D eigenvalue weighted by Crippen LogP contribution is 2.38. The molecular weight excluding hydrogens is 348 g/mol. The van der Waals surface area contributed by atoms with Crippen LogP contribution < -0.4 is 4.74 Å². The van der Waals surface area contributed by atoms with Crippen molar-refractivity contribution in [2.75, 3.05) is 6.61 Å². The average Bonchev–Trinajstić information content (AvgIpc) is 2.95. The molecule has 0 saturated carbocycles. The summed E-state index contributed by atoms with van der Waals surface area (Å²) in [6.45, 7) is 0.793. The van der Waals surface area contributed by atoms with E-state index in [1.54, 1.807) is 6.26 Å². The minimum absolute atomic E-state index is 0.140. The van der Waals surface area contributed by atoms with Gasteiger partial charge in [0.2, 0.25) is 0 Å². The van der Waals surface area contributed by atoms with Crippen molar-refractivity contribution >= 4 is 31.9 Å². The zero-order valence-corrected chi connectivity index (χ0v) is 12.1. The first-order valence-corrected chi connectivity index (χ1v) is 7.09. The van der Waals surface area contributed by atoms with Gasteiger partial charge in [-0.25, -0.2) is 0 Å². The Morgan fingerprint density at radius 3 is 2.88 bits per heavy atom. The Hall–Kier alpha value is -0.740. The highest BCUT2D eigenvalue weighted by molar-refractivity contribution is 9.10. The molecule has 0 saturated heterocycles. The van der Waals surface area contributed by atoms with Gasteiger partial charge in [0.05, 0.1) is 17.7 Å². The summed E-state index contributed by atoms with van der Waals surface area (Å²) in [6.07, 6.45) is 2.68. The van der Waals surface area contributed by atoms with Gasteiger partial charge in [-0.2, -0.15) is 0 Å². The quantitative estimate of drug-likeness (QED) is 0.740. The number of ether oxygens (including phenoxy) is 1. The Labute approximate surface area is 116 Å². The van der Waals surface area contributed by atoms with Gasteiger partial charge in [0.25, 0.3) is 0 Å². The topological polar surface area (TPSA) is 22.4 Å².